The Balaban J connectivity index is 2.28. The van der Waals surface area contributed by atoms with E-state index in [2.05, 4.69) is 21.2 Å². The number of carbonyl (C=O) groups excluding carboxylic acids is 1. The van der Waals surface area contributed by atoms with E-state index in [-0.39, 0.29) is 10.0 Å². The zero-order valence-electron chi connectivity index (χ0n) is 9.68. The molecule has 0 aliphatic carbocycles. The minimum absolute atomic E-state index is 0.164. The average molecular weight is 397 g/mol. The predicted octanol–water partition coefficient (Wildman–Crippen LogP) is 5.80. The van der Waals surface area contributed by atoms with Gasteiger partial charge in [0, 0.05) is 15.2 Å². The highest BCUT2D eigenvalue weighted by atomic mass is 79.9. The number of rotatable bonds is 2. The molecule has 2 aromatic rings. The molecule has 0 saturated carbocycles. The normalized spacial score (nSPS) is 10.4. The Morgan fingerprint density at radius 3 is 2.25 bits per heavy atom. The Hall–Kier alpha value is -0.810. The first kappa shape index (κ1) is 15.6. The number of amides is 1. The van der Waals surface area contributed by atoms with Crippen molar-refractivity contribution in [1.29, 1.82) is 0 Å². The Bertz CT molecular complexity index is 670. The van der Waals surface area contributed by atoms with Gasteiger partial charge in [-0.3, -0.25) is 4.79 Å². The van der Waals surface area contributed by atoms with Crippen LogP contribution in [0.25, 0.3) is 0 Å². The van der Waals surface area contributed by atoms with Crippen LogP contribution < -0.4 is 5.32 Å². The topological polar surface area (TPSA) is 29.1 Å². The summed E-state index contributed by atoms with van der Waals surface area (Å²) in [5.74, 6) is -1.12. The van der Waals surface area contributed by atoms with Crippen LogP contribution in [0.4, 0.5) is 10.1 Å². The number of nitrogens with one attached hydrogen (secondary N) is 1. The number of halogens is 5. The van der Waals surface area contributed by atoms with Crippen molar-refractivity contribution in [2.75, 3.05) is 5.32 Å². The van der Waals surface area contributed by atoms with Gasteiger partial charge < -0.3 is 5.32 Å². The molecule has 0 fully saturated rings. The van der Waals surface area contributed by atoms with E-state index in [0.717, 1.165) is 0 Å². The quantitative estimate of drug-likeness (QED) is 0.638. The highest BCUT2D eigenvalue weighted by Crippen LogP contribution is 2.28. The third-order valence-corrected chi connectivity index (χ3v) is 3.86. The van der Waals surface area contributed by atoms with Gasteiger partial charge in [0.25, 0.3) is 5.91 Å². The van der Waals surface area contributed by atoms with Crippen LogP contribution in [-0.4, -0.2) is 5.91 Å². The first-order chi connectivity index (χ1) is 9.38. The molecule has 0 unspecified atom stereocenters. The summed E-state index contributed by atoms with van der Waals surface area (Å²) in [6, 6.07) is 7.32. The van der Waals surface area contributed by atoms with Crippen LogP contribution in [-0.2, 0) is 0 Å². The molecule has 0 spiro atoms. The first-order valence-electron chi connectivity index (χ1n) is 5.29. The minimum Gasteiger partial charge on any atom is -0.322 e. The molecule has 1 N–H and O–H groups in total. The van der Waals surface area contributed by atoms with E-state index >= 15 is 0 Å². The third kappa shape index (κ3) is 3.44. The van der Waals surface area contributed by atoms with E-state index in [0.29, 0.717) is 20.7 Å². The standard InChI is InChI=1S/C13H6BrCl3FNO/c14-9-3-6(15)1-2-8(9)13(20)19-7-4-10(16)12(18)11(17)5-7/h1-5H,(H,19,20). The summed E-state index contributed by atoms with van der Waals surface area (Å²) in [6.07, 6.45) is 0. The lowest BCUT2D eigenvalue weighted by atomic mass is 10.2. The Labute approximate surface area is 138 Å². The maximum absolute atomic E-state index is 13.3. The largest absolute Gasteiger partial charge is 0.322 e. The Morgan fingerprint density at radius 1 is 1.10 bits per heavy atom. The van der Waals surface area contributed by atoms with E-state index in [4.69, 9.17) is 34.8 Å². The van der Waals surface area contributed by atoms with Crippen molar-refractivity contribution in [3.8, 4) is 0 Å². The van der Waals surface area contributed by atoms with Crippen LogP contribution in [0.2, 0.25) is 15.1 Å². The average Bonchev–Trinajstić information content (AvgIpc) is 2.35. The summed E-state index contributed by atoms with van der Waals surface area (Å²) in [7, 11) is 0. The van der Waals surface area contributed by atoms with Crippen molar-refractivity contribution in [3.63, 3.8) is 0 Å². The Kier molecular flexibility index (Phi) is 4.91. The van der Waals surface area contributed by atoms with Crippen LogP contribution in [0.5, 0.6) is 0 Å². The number of benzene rings is 2. The summed E-state index contributed by atoms with van der Waals surface area (Å²) in [4.78, 5) is 12.1. The van der Waals surface area contributed by atoms with E-state index in [9.17, 15) is 9.18 Å². The lowest BCUT2D eigenvalue weighted by Gasteiger charge is -2.08. The number of hydrogen-bond donors (Lipinski definition) is 1. The monoisotopic (exact) mass is 395 g/mol. The van der Waals surface area contributed by atoms with Gasteiger partial charge in [-0.15, -0.1) is 0 Å². The third-order valence-electron chi connectivity index (χ3n) is 2.42. The summed E-state index contributed by atoms with van der Waals surface area (Å²) < 4.78 is 13.8. The molecule has 0 aliphatic rings. The maximum atomic E-state index is 13.3. The molecular formula is C13H6BrCl3FNO. The van der Waals surface area contributed by atoms with Crippen LogP contribution in [0, 0.1) is 5.82 Å². The van der Waals surface area contributed by atoms with Crippen molar-refractivity contribution in [2.24, 2.45) is 0 Å². The van der Waals surface area contributed by atoms with Gasteiger partial charge in [-0.25, -0.2) is 4.39 Å². The van der Waals surface area contributed by atoms with Crippen LogP contribution in [0.1, 0.15) is 10.4 Å². The molecule has 0 radical (unpaired) electrons. The number of anilines is 1. The summed E-state index contributed by atoms with van der Waals surface area (Å²) in [5, 5.41) is 2.75. The molecule has 2 nitrogen and oxygen atoms in total. The molecule has 1 amide bonds. The molecular weight excluding hydrogens is 391 g/mol. The van der Waals surface area contributed by atoms with Gasteiger partial charge in [0.05, 0.1) is 15.6 Å². The second-order valence-electron chi connectivity index (χ2n) is 3.83. The summed E-state index contributed by atoms with van der Waals surface area (Å²) in [5.41, 5.74) is 0.680. The lowest BCUT2D eigenvalue weighted by molar-refractivity contribution is 0.102. The molecule has 0 bridgehead atoms. The molecule has 0 saturated heterocycles. The highest BCUT2D eigenvalue weighted by molar-refractivity contribution is 9.10. The Morgan fingerprint density at radius 2 is 1.70 bits per heavy atom. The molecule has 2 aromatic carbocycles. The van der Waals surface area contributed by atoms with Gasteiger partial charge in [-0.1, -0.05) is 34.8 Å². The molecule has 0 aromatic heterocycles. The summed E-state index contributed by atoms with van der Waals surface area (Å²) >= 11 is 20.4. The van der Waals surface area contributed by atoms with Crippen molar-refractivity contribution >= 4 is 62.3 Å². The smallest absolute Gasteiger partial charge is 0.256 e. The van der Waals surface area contributed by atoms with Gasteiger partial charge in [0.1, 0.15) is 0 Å². The van der Waals surface area contributed by atoms with Crippen molar-refractivity contribution in [2.45, 2.75) is 0 Å². The van der Waals surface area contributed by atoms with Gasteiger partial charge in [-0.2, -0.15) is 0 Å². The van der Waals surface area contributed by atoms with Crippen molar-refractivity contribution in [1.82, 2.24) is 0 Å². The fourth-order valence-electron chi connectivity index (χ4n) is 1.50. The molecule has 20 heavy (non-hydrogen) atoms. The fourth-order valence-corrected chi connectivity index (χ4v) is 2.85. The number of carbonyl (C=O) groups is 1. The van der Waals surface area contributed by atoms with Gasteiger partial charge in [0.2, 0.25) is 0 Å². The van der Waals surface area contributed by atoms with E-state index in [1.807, 2.05) is 0 Å². The lowest BCUT2D eigenvalue weighted by Crippen LogP contribution is -2.12. The second-order valence-corrected chi connectivity index (χ2v) is 5.94. The highest BCUT2D eigenvalue weighted by Gasteiger charge is 2.13. The van der Waals surface area contributed by atoms with Gasteiger partial charge >= 0.3 is 0 Å². The second kappa shape index (κ2) is 6.31. The van der Waals surface area contributed by atoms with Gasteiger partial charge in [-0.05, 0) is 46.3 Å². The van der Waals surface area contributed by atoms with E-state index in [1.54, 1.807) is 18.2 Å². The van der Waals surface area contributed by atoms with Crippen molar-refractivity contribution < 1.29 is 9.18 Å². The molecule has 104 valence electrons. The van der Waals surface area contributed by atoms with Crippen LogP contribution in [0.3, 0.4) is 0 Å². The molecule has 7 heteroatoms. The summed E-state index contributed by atoms with van der Waals surface area (Å²) in [6.45, 7) is 0. The maximum Gasteiger partial charge on any atom is 0.256 e. The van der Waals surface area contributed by atoms with Crippen LogP contribution in [0.15, 0.2) is 34.8 Å². The van der Waals surface area contributed by atoms with Crippen LogP contribution >= 0.6 is 50.7 Å². The van der Waals surface area contributed by atoms with Crippen molar-refractivity contribution in [3.05, 3.63) is 61.3 Å². The SMILES string of the molecule is O=C(Nc1cc(Cl)c(F)c(Cl)c1)c1ccc(Cl)cc1Br. The molecule has 2 rings (SSSR count). The molecule has 0 aliphatic heterocycles. The zero-order chi connectivity index (χ0) is 14.9. The van der Waals surface area contributed by atoms with E-state index in [1.165, 1.54) is 12.1 Å². The van der Waals surface area contributed by atoms with Gasteiger partial charge in [0.15, 0.2) is 5.82 Å². The minimum atomic E-state index is -0.723. The van der Waals surface area contributed by atoms with E-state index < -0.39 is 11.7 Å². The molecule has 0 heterocycles. The predicted molar refractivity (Wildman–Crippen MR) is 83.5 cm³/mol. The fraction of sp³-hybridized carbons (Fsp3) is 0. The first-order valence-corrected chi connectivity index (χ1v) is 7.22. The number of hydrogen-bond acceptors (Lipinski definition) is 1. The zero-order valence-corrected chi connectivity index (χ0v) is 13.5. The molecule has 0 atom stereocenters.